The molecule has 1 aromatic rings. The summed E-state index contributed by atoms with van der Waals surface area (Å²) in [5.74, 6) is -0.687. The van der Waals surface area contributed by atoms with Crippen LogP contribution in [0.15, 0.2) is 30.3 Å². The second-order valence-electron chi connectivity index (χ2n) is 7.24. The van der Waals surface area contributed by atoms with Gasteiger partial charge in [0.1, 0.15) is 6.04 Å². The van der Waals surface area contributed by atoms with Gasteiger partial charge in [-0.3, -0.25) is 10.1 Å². The van der Waals surface area contributed by atoms with Crippen LogP contribution in [0.5, 0.6) is 0 Å². The van der Waals surface area contributed by atoms with Crippen molar-refractivity contribution in [3.05, 3.63) is 35.9 Å². The van der Waals surface area contributed by atoms with E-state index < -0.39 is 17.6 Å². The van der Waals surface area contributed by atoms with Crippen molar-refractivity contribution >= 4 is 11.9 Å². The van der Waals surface area contributed by atoms with E-state index in [2.05, 4.69) is 10.6 Å². The molecule has 0 heterocycles. The van der Waals surface area contributed by atoms with E-state index in [4.69, 9.17) is 4.74 Å². The van der Waals surface area contributed by atoms with Crippen molar-refractivity contribution in [2.75, 3.05) is 7.11 Å². The summed E-state index contributed by atoms with van der Waals surface area (Å²) < 4.78 is 4.82. The van der Waals surface area contributed by atoms with Crippen LogP contribution in [-0.4, -0.2) is 36.1 Å². The van der Waals surface area contributed by atoms with Crippen molar-refractivity contribution in [1.82, 2.24) is 10.6 Å². The molecule has 0 aliphatic heterocycles. The molecule has 0 aromatic heterocycles. The number of amides is 1. The van der Waals surface area contributed by atoms with Gasteiger partial charge in [-0.05, 0) is 40.2 Å². The molecule has 1 amide bonds. The molecule has 23 heavy (non-hydrogen) atoms. The zero-order chi connectivity index (χ0) is 17.7. The van der Waals surface area contributed by atoms with Crippen LogP contribution in [0.4, 0.5) is 0 Å². The molecule has 5 nitrogen and oxygen atoms in total. The van der Waals surface area contributed by atoms with Gasteiger partial charge in [0.05, 0.1) is 12.6 Å². The second-order valence-corrected chi connectivity index (χ2v) is 7.24. The average Bonchev–Trinajstić information content (AvgIpc) is 2.44. The molecule has 0 aliphatic carbocycles. The van der Waals surface area contributed by atoms with Gasteiger partial charge >= 0.3 is 5.97 Å². The highest BCUT2D eigenvalue weighted by molar-refractivity contribution is 5.90. The van der Waals surface area contributed by atoms with E-state index in [-0.39, 0.29) is 11.4 Å². The SMILES string of the molecule is COC(=O)[C@H](Cc1ccccc1)NC(=O)C(C)(C)NC(C)(C)C. The van der Waals surface area contributed by atoms with Gasteiger partial charge in [0.15, 0.2) is 0 Å². The van der Waals surface area contributed by atoms with E-state index >= 15 is 0 Å². The Morgan fingerprint density at radius 2 is 1.65 bits per heavy atom. The number of hydrogen-bond donors (Lipinski definition) is 2. The van der Waals surface area contributed by atoms with Crippen LogP contribution in [0.3, 0.4) is 0 Å². The lowest BCUT2D eigenvalue weighted by molar-refractivity contribution is -0.145. The first kappa shape index (κ1) is 19.2. The van der Waals surface area contributed by atoms with Gasteiger partial charge in [0, 0.05) is 12.0 Å². The van der Waals surface area contributed by atoms with Crippen LogP contribution < -0.4 is 10.6 Å². The lowest BCUT2D eigenvalue weighted by Crippen LogP contribution is -2.61. The van der Waals surface area contributed by atoms with Crippen molar-refractivity contribution in [1.29, 1.82) is 0 Å². The van der Waals surface area contributed by atoms with E-state index in [0.717, 1.165) is 5.56 Å². The van der Waals surface area contributed by atoms with E-state index in [1.54, 1.807) is 13.8 Å². The Balaban J connectivity index is 2.85. The molecule has 0 saturated carbocycles. The van der Waals surface area contributed by atoms with Gasteiger partial charge in [-0.25, -0.2) is 4.79 Å². The van der Waals surface area contributed by atoms with Crippen LogP contribution >= 0.6 is 0 Å². The molecule has 2 N–H and O–H groups in total. The number of methoxy groups -OCH3 is 1. The summed E-state index contributed by atoms with van der Waals surface area (Å²) in [5.41, 5.74) is -0.0628. The first-order valence-electron chi connectivity index (χ1n) is 7.77. The lowest BCUT2D eigenvalue weighted by Gasteiger charge is -2.34. The van der Waals surface area contributed by atoms with Gasteiger partial charge in [0.25, 0.3) is 0 Å². The zero-order valence-corrected chi connectivity index (χ0v) is 14.9. The van der Waals surface area contributed by atoms with Crippen molar-refractivity contribution in [3.63, 3.8) is 0 Å². The molecular weight excluding hydrogens is 292 g/mol. The molecule has 0 spiro atoms. The summed E-state index contributed by atoms with van der Waals surface area (Å²) in [6, 6.07) is 8.83. The van der Waals surface area contributed by atoms with Crippen LogP contribution in [0.25, 0.3) is 0 Å². The van der Waals surface area contributed by atoms with Crippen LogP contribution in [-0.2, 0) is 20.7 Å². The van der Waals surface area contributed by atoms with Crippen molar-refractivity contribution in [2.45, 2.75) is 58.2 Å². The third-order valence-electron chi connectivity index (χ3n) is 3.33. The van der Waals surface area contributed by atoms with Gasteiger partial charge in [-0.2, -0.15) is 0 Å². The van der Waals surface area contributed by atoms with Crippen LogP contribution in [0, 0.1) is 0 Å². The number of nitrogens with one attached hydrogen (secondary N) is 2. The fourth-order valence-corrected chi connectivity index (χ4v) is 2.52. The Kier molecular flexibility index (Phi) is 6.33. The minimum atomic E-state index is -0.804. The third kappa shape index (κ3) is 6.40. The van der Waals surface area contributed by atoms with E-state index in [9.17, 15) is 9.59 Å². The predicted octanol–water partition coefficient (Wildman–Crippen LogP) is 2.05. The van der Waals surface area contributed by atoms with E-state index in [0.29, 0.717) is 6.42 Å². The number of rotatable bonds is 6. The maximum absolute atomic E-state index is 12.6. The molecule has 0 unspecified atom stereocenters. The molecule has 0 fully saturated rings. The molecule has 5 heteroatoms. The lowest BCUT2D eigenvalue weighted by atomic mass is 9.97. The maximum Gasteiger partial charge on any atom is 0.328 e. The van der Waals surface area contributed by atoms with Crippen molar-refractivity contribution < 1.29 is 14.3 Å². The zero-order valence-electron chi connectivity index (χ0n) is 14.9. The average molecular weight is 320 g/mol. The fourth-order valence-electron chi connectivity index (χ4n) is 2.52. The van der Waals surface area contributed by atoms with Crippen molar-refractivity contribution in [3.8, 4) is 0 Å². The van der Waals surface area contributed by atoms with Crippen molar-refractivity contribution in [2.24, 2.45) is 0 Å². The molecule has 1 aromatic carbocycles. The predicted molar refractivity (Wildman–Crippen MR) is 91.1 cm³/mol. The largest absolute Gasteiger partial charge is 0.467 e. The Hall–Kier alpha value is -1.88. The van der Waals surface area contributed by atoms with Gasteiger partial charge in [-0.1, -0.05) is 30.3 Å². The normalized spacial score (nSPS) is 13.3. The Labute approximate surface area is 138 Å². The summed E-state index contributed by atoms with van der Waals surface area (Å²) >= 11 is 0. The molecule has 1 atom stereocenters. The Bertz CT molecular complexity index is 533. The first-order valence-corrected chi connectivity index (χ1v) is 7.77. The molecular formula is C18H28N2O3. The molecule has 0 aliphatic rings. The van der Waals surface area contributed by atoms with Crippen LogP contribution in [0.1, 0.15) is 40.2 Å². The second kappa shape index (κ2) is 7.59. The smallest absolute Gasteiger partial charge is 0.328 e. The minimum absolute atomic E-state index is 0.221. The molecule has 128 valence electrons. The number of carbonyl (C=O) groups is 2. The van der Waals surface area contributed by atoms with Crippen LogP contribution in [0.2, 0.25) is 0 Å². The van der Waals surface area contributed by atoms with Gasteiger partial charge in [0.2, 0.25) is 5.91 Å². The number of ether oxygens (including phenoxy) is 1. The summed E-state index contributed by atoms with van der Waals surface area (Å²) in [6.07, 6.45) is 0.394. The minimum Gasteiger partial charge on any atom is -0.467 e. The first-order chi connectivity index (χ1) is 10.5. The fraction of sp³-hybridized carbons (Fsp3) is 0.556. The van der Waals surface area contributed by atoms with E-state index in [1.807, 2.05) is 51.1 Å². The molecule has 0 radical (unpaired) electrons. The monoisotopic (exact) mass is 320 g/mol. The highest BCUT2D eigenvalue weighted by Gasteiger charge is 2.34. The standard InChI is InChI=1S/C18H28N2O3/c1-17(2,3)20-18(4,5)16(22)19-14(15(21)23-6)12-13-10-8-7-9-11-13/h7-11,14,20H,12H2,1-6H3,(H,19,22)/t14-/m0/s1. The number of carbonyl (C=O) groups excluding carboxylic acids is 2. The van der Waals surface area contributed by atoms with Gasteiger partial charge < -0.3 is 10.1 Å². The quantitative estimate of drug-likeness (QED) is 0.787. The molecule has 0 saturated heterocycles. The third-order valence-corrected chi connectivity index (χ3v) is 3.33. The summed E-state index contributed by atoms with van der Waals surface area (Å²) in [6.45, 7) is 9.56. The summed E-state index contributed by atoms with van der Waals surface area (Å²) in [5, 5.41) is 6.06. The molecule has 1 rings (SSSR count). The highest BCUT2D eigenvalue weighted by Crippen LogP contribution is 2.12. The summed E-state index contributed by atoms with van der Waals surface area (Å²) in [4.78, 5) is 24.6. The number of benzene rings is 1. The Morgan fingerprint density at radius 3 is 2.13 bits per heavy atom. The molecule has 0 bridgehead atoms. The topological polar surface area (TPSA) is 67.4 Å². The number of esters is 1. The summed E-state index contributed by atoms with van der Waals surface area (Å²) in [7, 11) is 1.32. The maximum atomic E-state index is 12.6. The Morgan fingerprint density at radius 1 is 1.09 bits per heavy atom. The highest BCUT2D eigenvalue weighted by atomic mass is 16.5. The van der Waals surface area contributed by atoms with E-state index in [1.165, 1.54) is 7.11 Å². The van der Waals surface area contributed by atoms with Gasteiger partial charge in [-0.15, -0.1) is 0 Å². The number of hydrogen-bond acceptors (Lipinski definition) is 4.